The zero-order valence-electron chi connectivity index (χ0n) is 17.2. The number of hydrogen-bond donors (Lipinski definition) is 0. The van der Waals surface area contributed by atoms with Crippen molar-refractivity contribution in [1.82, 2.24) is 24.1 Å². The number of aromatic nitrogens is 4. The normalized spacial score (nSPS) is 14.9. The highest BCUT2D eigenvalue weighted by Crippen LogP contribution is 2.31. The van der Waals surface area contributed by atoms with E-state index in [1.807, 2.05) is 35.8 Å². The van der Waals surface area contributed by atoms with Crippen molar-refractivity contribution in [3.8, 4) is 0 Å². The number of hydrogen-bond acceptors (Lipinski definition) is 4. The van der Waals surface area contributed by atoms with Gasteiger partial charge in [0.05, 0.1) is 17.6 Å². The van der Waals surface area contributed by atoms with Crippen molar-refractivity contribution in [1.29, 1.82) is 0 Å². The molecule has 1 fully saturated rings. The van der Waals surface area contributed by atoms with Crippen molar-refractivity contribution in [2.45, 2.75) is 51.6 Å². The van der Waals surface area contributed by atoms with Gasteiger partial charge in [-0.25, -0.2) is 4.98 Å². The molecule has 5 rings (SSSR count). The Morgan fingerprint density at radius 1 is 1.27 bits per heavy atom. The molecule has 8 heteroatoms. The third-order valence-corrected chi connectivity index (χ3v) is 7.22. The van der Waals surface area contributed by atoms with E-state index in [2.05, 4.69) is 27.7 Å². The smallest absolute Gasteiger partial charge is 0.265 e. The number of fused-ring (bicyclic) bond motifs is 3. The van der Waals surface area contributed by atoms with Gasteiger partial charge in [0.15, 0.2) is 4.96 Å². The van der Waals surface area contributed by atoms with E-state index in [-0.39, 0.29) is 18.3 Å². The molecule has 30 heavy (non-hydrogen) atoms. The average molecular weight is 444 g/mol. The topological polar surface area (TPSA) is 55.4 Å². The number of carbonyl (C=O) groups is 1. The molecule has 3 heterocycles. The number of halogens is 1. The molecule has 0 spiro atoms. The van der Waals surface area contributed by atoms with E-state index < -0.39 is 0 Å². The molecule has 158 valence electrons. The Morgan fingerprint density at radius 3 is 2.80 bits per heavy atom. The van der Waals surface area contributed by atoms with Crippen LogP contribution in [0.15, 0.2) is 36.7 Å². The number of imidazole rings is 1. The van der Waals surface area contributed by atoms with Gasteiger partial charge in [0.2, 0.25) is 0 Å². The molecule has 0 atom stereocenters. The first kappa shape index (κ1) is 20.9. The zero-order chi connectivity index (χ0) is 20.0. The first-order chi connectivity index (χ1) is 14.1. The van der Waals surface area contributed by atoms with Crippen LogP contribution in [0.3, 0.4) is 0 Å². The van der Waals surface area contributed by atoms with Crippen LogP contribution in [0.2, 0.25) is 0 Å². The standard InChI is InChI=1S/C22H25N5OS.ClH/c1-15-20(21(28)25(2)17-7-4-3-5-8-17)29-22-24-18-10-9-16(13-19(18)27(15)22)14-26-12-6-11-23-26;/h6,9-13,17H,3-5,7-8,14H2,1-2H3;1H. The maximum absolute atomic E-state index is 13.2. The molecule has 0 aliphatic heterocycles. The van der Waals surface area contributed by atoms with Gasteiger partial charge in [0, 0.05) is 31.2 Å². The third-order valence-electron chi connectivity index (χ3n) is 6.09. The van der Waals surface area contributed by atoms with Crippen LogP contribution in [-0.4, -0.2) is 43.1 Å². The molecule has 0 radical (unpaired) electrons. The molecule has 1 aromatic carbocycles. The van der Waals surface area contributed by atoms with Gasteiger partial charge in [-0.1, -0.05) is 36.7 Å². The number of carbonyl (C=O) groups excluding carboxylic acids is 1. The highest BCUT2D eigenvalue weighted by molar-refractivity contribution is 7.19. The van der Waals surface area contributed by atoms with Gasteiger partial charge in [-0.2, -0.15) is 5.10 Å². The third kappa shape index (κ3) is 3.61. The lowest BCUT2D eigenvalue weighted by Gasteiger charge is -2.31. The van der Waals surface area contributed by atoms with Crippen LogP contribution >= 0.6 is 23.7 Å². The van der Waals surface area contributed by atoms with Crippen LogP contribution in [0, 0.1) is 6.92 Å². The minimum Gasteiger partial charge on any atom is -0.338 e. The van der Waals surface area contributed by atoms with Crippen molar-refractivity contribution in [3.05, 3.63) is 52.8 Å². The Labute approximate surface area is 185 Å². The van der Waals surface area contributed by atoms with Gasteiger partial charge < -0.3 is 4.90 Å². The highest BCUT2D eigenvalue weighted by Gasteiger charge is 2.27. The van der Waals surface area contributed by atoms with Crippen LogP contribution in [0.4, 0.5) is 0 Å². The molecule has 1 amide bonds. The molecule has 1 aliphatic rings. The summed E-state index contributed by atoms with van der Waals surface area (Å²) in [6.45, 7) is 2.75. The molecule has 3 aromatic heterocycles. The summed E-state index contributed by atoms with van der Waals surface area (Å²) in [5.74, 6) is 0.130. The van der Waals surface area contributed by atoms with Crippen LogP contribution in [0.1, 0.15) is 53.0 Å². The van der Waals surface area contributed by atoms with E-state index in [9.17, 15) is 4.79 Å². The second-order valence-electron chi connectivity index (χ2n) is 7.98. The van der Waals surface area contributed by atoms with Crippen molar-refractivity contribution >= 4 is 45.6 Å². The summed E-state index contributed by atoms with van der Waals surface area (Å²) in [6.07, 6.45) is 9.71. The summed E-state index contributed by atoms with van der Waals surface area (Å²) in [5, 5.41) is 4.30. The first-order valence-corrected chi connectivity index (χ1v) is 11.1. The number of benzene rings is 1. The van der Waals surface area contributed by atoms with Crippen LogP contribution in [-0.2, 0) is 6.54 Å². The lowest BCUT2D eigenvalue weighted by molar-refractivity contribution is 0.0700. The van der Waals surface area contributed by atoms with Gasteiger partial charge in [0.25, 0.3) is 5.91 Å². The van der Waals surface area contributed by atoms with Crippen molar-refractivity contribution in [3.63, 3.8) is 0 Å². The van der Waals surface area contributed by atoms with Gasteiger partial charge in [-0.15, -0.1) is 12.4 Å². The molecule has 6 nitrogen and oxygen atoms in total. The number of thiazole rings is 1. The fourth-order valence-electron chi connectivity index (χ4n) is 4.43. The van der Waals surface area contributed by atoms with Gasteiger partial charge >= 0.3 is 0 Å². The van der Waals surface area contributed by atoms with E-state index in [1.54, 1.807) is 6.20 Å². The van der Waals surface area contributed by atoms with E-state index in [0.717, 1.165) is 46.0 Å². The van der Waals surface area contributed by atoms with Crippen molar-refractivity contribution < 1.29 is 4.79 Å². The Kier molecular flexibility index (Phi) is 5.84. The minimum absolute atomic E-state index is 0. The van der Waals surface area contributed by atoms with Gasteiger partial charge in [0.1, 0.15) is 4.88 Å². The molecular weight excluding hydrogens is 418 g/mol. The Balaban J connectivity index is 0.00000218. The maximum Gasteiger partial charge on any atom is 0.265 e. The van der Waals surface area contributed by atoms with E-state index >= 15 is 0 Å². The summed E-state index contributed by atoms with van der Waals surface area (Å²) in [4.78, 5) is 21.7. The van der Waals surface area contributed by atoms with Gasteiger partial charge in [-0.05, 0) is 43.5 Å². The number of nitrogens with zero attached hydrogens (tertiary/aromatic N) is 5. The second-order valence-corrected chi connectivity index (χ2v) is 8.96. The quantitative estimate of drug-likeness (QED) is 0.449. The van der Waals surface area contributed by atoms with Crippen LogP contribution in [0.5, 0.6) is 0 Å². The Hall–Kier alpha value is -2.38. The minimum atomic E-state index is 0. The predicted molar refractivity (Wildman–Crippen MR) is 123 cm³/mol. The lowest BCUT2D eigenvalue weighted by Crippen LogP contribution is -2.38. The summed E-state index contributed by atoms with van der Waals surface area (Å²) in [6, 6.07) is 8.61. The largest absolute Gasteiger partial charge is 0.338 e. The SMILES string of the molecule is Cc1c(C(=O)N(C)C2CCCCC2)sc2nc3ccc(Cn4cccn4)cc3n12.Cl. The number of amides is 1. The highest BCUT2D eigenvalue weighted by atomic mass is 35.5. The maximum atomic E-state index is 13.2. The van der Waals surface area contributed by atoms with Gasteiger partial charge in [-0.3, -0.25) is 13.9 Å². The fraction of sp³-hybridized carbons (Fsp3) is 0.409. The van der Waals surface area contributed by atoms with E-state index in [4.69, 9.17) is 4.98 Å². The molecule has 0 unspecified atom stereocenters. The van der Waals surface area contributed by atoms with Crippen molar-refractivity contribution in [2.75, 3.05) is 7.05 Å². The molecule has 4 aromatic rings. The molecular formula is C22H26ClN5OS. The Morgan fingerprint density at radius 2 is 2.07 bits per heavy atom. The van der Waals surface area contributed by atoms with Crippen LogP contribution in [0.25, 0.3) is 16.0 Å². The molecule has 0 N–H and O–H groups in total. The summed E-state index contributed by atoms with van der Waals surface area (Å²) in [5.41, 5.74) is 4.16. The summed E-state index contributed by atoms with van der Waals surface area (Å²) >= 11 is 1.50. The zero-order valence-corrected chi connectivity index (χ0v) is 18.9. The molecule has 1 aliphatic carbocycles. The lowest BCUT2D eigenvalue weighted by atomic mass is 9.94. The molecule has 0 saturated heterocycles. The van der Waals surface area contributed by atoms with Crippen LogP contribution < -0.4 is 0 Å². The Bertz CT molecular complexity index is 1170. The van der Waals surface area contributed by atoms with E-state index in [1.165, 1.54) is 36.2 Å². The van der Waals surface area contributed by atoms with Crippen molar-refractivity contribution in [2.24, 2.45) is 0 Å². The fourth-order valence-corrected chi connectivity index (χ4v) is 5.55. The summed E-state index contributed by atoms with van der Waals surface area (Å²) < 4.78 is 4.04. The number of rotatable bonds is 4. The summed E-state index contributed by atoms with van der Waals surface area (Å²) in [7, 11) is 1.96. The monoisotopic (exact) mass is 443 g/mol. The molecule has 0 bridgehead atoms. The van der Waals surface area contributed by atoms with E-state index in [0.29, 0.717) is 6.04 Å². The first-order valence-electron chi connectivity index (χ1n) is 10.3. The second kappa shape index (κ2) is 8.40. The number of aryl methyl sites for hydroxylation is 1. The predicted octanol–water partition coefficient (Wildman–Crippen LogP) is 4.93. The molecule has 1 saturated carbocycles. The average Bonchev–Trinajstić information content (AvgIpc) is 3.45.